The van der Waals surface area contributed by atoms with E-state index in [1.54, 1.807) is 0 Å². The number of benzene rings is 5. The Morgan fingerprint density at radius 2 is 1.17 bits per heavy atom. The molecule has 1 unspecified atom stereocenters. The van der Waals surface area contributed by atoms with Gasteiger partial charge in [-0.05, 0) is 94.8 Å². The van der Waals surface area contributed by atoms with Crippen molar-refractivity contribution in [3.05, 3.63) is 95.6 Å². The summed E-state index contributed by atoms with van der Waals surface area (Å²) in [4.78, 5) is 0. The average Bonchev–Trinajstić information content (AvgIpc) is 3.28. The van der Waals surface area contributed by atoms with Crippen LogP contribution in [0.15, 0.2) is 78.9 Å². The van der Waals surface area contributed by atoms with Gasteiger partial charge in [-0.25, -0.2) is 0 Å². The van der Waals surface area contributed by atoms with Crippen LogP contribution in [0.1, 0.15) is 37.5 Å². The number of fused-ring (bicyclic) bond motifs is 3. The fraction of sp³-hybridized carbons (Fsp3) is 0.235. The van der Waals surface area contributed by atoms with E-state index in [1.807, 2.05) is 0 Å². The Hall–Kier alpha value is -3.15. The van der Waals surface area contributed by atoms with Crippen LogP contribution in [-0.4, -0.2) is 11.4 Å². The normalized spacial score (nSPS) is 15.3. The van der Waals surface area contributed by atoms with Crippen molar-refractivity contribution in [1.29, 1.82) is 0 Å². The highest BCUT2D eigenvalue weighted by atomic mass is 31.1. The van der Waals surface area contributed by atoms with Gasteiger partial charge in [0.15, 0.2) is 0 Å². The number of hydrogen-bond donors (Lipinski definition) is 1. The zero-order valence-corrected chi connectivity index (χ0v) is 23.1. The third-order valence-corrected chi connectivity index (χ3v) is 10.8. The van der Waals surface area contributed by atoms with Crippen molar-refractivity contribution in [2.45, 2.75) is 46.7 Å². The second-order valence-corrected chi connectivity index (χ2v) is 14.2. The van der Waals surface area contributed by atoms with Crippen LogP contribution in [0.5, 0.6) is 0 Å². The number of nitrogens with one attached hydrogen (secondary N) is 1. The monoisotopic (exact) mass is 487 g/mol. The molecule has 2 heteroatoms. The topological polar surface area (TPSA) is 12.0 Å². The lowest BCUT2D eigenvalue weighted by atomic mass is 9.83. The maximum Gasteiger partial charge on any atom is 0.0428 e. The van der Waals surface area contributed by atoms with Gasteiger partial charge >= 0.3 is 0 Å². The van der Waals surface area contributed by atoms with Crippen molar-refractivity contribution >= 4 is 40.5 Å². The molecule has 5 aromatic carbocycles. The molecule has 36 heavy (non-hydrogen) atoms. The molecule has 5 aromatic rings. The molecule has 1 aliphatic rings. The van der Waals surface area contributed by atoms with Crippen molar-refractivity contribution in [3.8, 4) is 22.3 Å². The zero-order chi connectivity index (χ0) is 25.2. The molecule has 0 aromatic heterocycles. The molecule has 1 heterocycles. The molecule has 0 saturated carbocycles. The van der Waals surface area contributed by atoms with Gasteiger partial charge in [0.1, 0.15) is 0 Å². The van der Waals surface area contributed by atoms with Crippen LogP contribution in [-0.2, 0) is 0 Å². The molecule has 6 rings (SSSR count). The lowest BCUT2D eigenvalue weighted by Crippen LogP contribution is -2.19. The van der Waals surface area contributed by atoms with E-state index in [9.17, 15) is 0 Å². The minimum atomic E-state index is -0.334. The van der Waals surface area contributed by atoms with Crippen LogP contribution in [0.3, 0.4) is 0 Å². The van der Waals surface area contributed by atoms with Gasteiger partial charge in [-0.15, -0.1) is 0 Å². The molecule has 0 spiro atoms. The third-order valence-electron chi connectivity index (χ3n) is 7.67. The first-order chi connectivity index (χ1) is 17.3. The van der Waals surface area contributed by atoms with Crippen LogP contribution in [0.4, 0.5) is 5.69 Å². The molecule has 1 atom stereocenters. The summed E-state index contributed by atoms with van der Waals surface area (Å²) in [5.74, 6) is 0. The van der Waals surface area contributed by atoms with E-state index >= 15 is 0 Å². The summed E-state index contributed by atoms with van der Waals surface area (Å²) in [6.07, 6.45) is 1.06. The van der Waals surface area contributed by atoms with Crippen molar-refractivity contribution in [2.24, 2.45) is 0 Å². The number of aryl methyl sites for hydroxylation is 3. The number of hydrogen-bond acceptors (Lipinski definition) is 1. The molecule has 1 aliphatic heterocycles. The summed E-state index contributed by atoms with van der Waals surface area (Å²) in [5.41, 5.74) is 10.8. The van der Waals surface area contributed by atoms with E-state index in [2.05, 4.69) is 126 Å². The predicted octanol–water partition coefficient (Wildman–Crippen LogP) is 9.54. The molecule has 0 fully saturated rings. The lowest BCUT2D eigenvalue weighted by molar-refractivity contribution is 0.789. The average molecular weight is 488 g/mol. The van der Waals surface area contributed by atoms with Crippen LogP contribution in [0.2, 0.25) is 0 Å². The minimum Gasteiger partial charge on any atom is -0.380 e. The molecule has 180 valence electrons. The second-order valence-electron chi connectivity index (χ2n) is 11.3. The molecule has 1 N–H and O–H groups in total. The molecule has 0 radical (unpaired) electrons. The van der Waals surface area contributed by atoms with Gasteiger partial charge in [-0.1, -0.05) is 99.1 Å². The molecular formula is C34H34NP. The SMILES string of the molecule is Cc1cc(C)c(-c2c3ccccc3c(-c3cccc4c3P(C(C)(C)C)CN4)c3ccccc23)c(C)c1. The second kappa shape index (κ2) is 8.46. The first-order valence-electron chi connectivity index (χ1n) is 12.9. The van der Waals surface area contributed by atoms with Crippen molar-refractivity contribution in [1.82, 2.24) is 0 Å². The first kappa shape index (κ1) is 23.3. The zero-order valence-electron chi connectivity index (χ0n) is 22.2. The highest BCUT2D eigenvalue weighted by molar-refractivity contribution is 7.68. The van der Waals surface area contributed by atoms with Gasteiger partial charge in [0.25, 0.3) is 0 Å². The van der Waals surface area contributed by atoms with E-state index in [0.717, 1.165) is 6.29 Å². The van der Waals surface area contributed by atoms with Gasteiger partial charge in [-0.3, -0.25) is 0 Å². The Balaban J connectivity index is 1.78. The Morgan fingerprint density at radius 1 is 0.639 bits per heavy atom. The Bertz CT molecular complexity index is 1570. The summed E-state index contributed by atoms with van der Waals surface area (Å²) >= 11 is 0. The Kier molecular flexibility index (Phi) is 5.47. The highest BCUT2D eigenvalue weighted by Gasteiger charge is 2.34. The Labute approximate surface area is 216 Å². The summed E-state index contributed by atoms with van der Waals surface area (Å²) < 4.78 is 0. The maximum atomic E-state index is 3.75. The molecule has 1 nitrogen and oxygen atoms in total. The van der Waals surface area contributed by atoms with Crippen LogP contribution < -0.4 is 10.6 Å². The molecule has 0 amide bonds. The first-order valence-corrected chi connectivity index (χ1v) is 14.4. The molecule has 0 saturated heterocycles. The van der Waals surface area contributed by atoms with E-state index in [1.165, 1.54) is 71.5 Å². The van der Waals surface area contributed by atoms with Crippen LogP contribution >= 0.6 is 7.92 Å². The summed E-state index contributed by atoms with van der Waals surface area (Å²) in [6, 6.07) is 29.6. The summed E-state index contributed by atoms with van der Waals surface area (Å²) in [6.45, 7) is 13.9. The predicted molar refractivity (Wildman–Crippen MR) is 161 cm³/mol. The smallest absolute Gasteiger partial charge is 0.0428 e. The highest BCUT2D eigenvalue weighted by Crippen LogP contribution is 2.56. The largest absolute Gasteiger partial charge is 0.380 e. The summed E-state index contributed by atoms with van der Waals surface area (Å²) in [7, 11) is -0.334. The fourth-order valence-corrected chi connectivity index (χ4v) is 8.81. The van der Waals surface area contributed by atoms with Gasteiger partial charge in [-0.2, -0.15) is 0 Å². The molecule has 0 aliphatic carbocycles. The van der Waals surface area contributed by atoms with Crippen molar-refractivity contribution < 1.29 is 0 Å². The number of anilines is 1. The minimum absolute atomic E-state index is 0.241. The third kappa shape index (κ3) is 3.56. The Morgan fingerprint density at radius 3 is 1.69 bits per heavy atom. The standard InChI is InChI=1S/C34H34NP/c1-21-18-22(2)30(23(3)19-21)32-26-14-9-7-12-24(26)31(25-13-8-10-15-27(25)32)28-16-11-17-29-33(28)36(20-35-29)34(4,5)6/h7-19,35H,20H2,1-6H3. The van der Waals surface area contributed by atoms with Crippen LogP contribution in [0, 0.1) is 20.8 Å². The summed E-state index contributed by atoms with van der Waals surface area (Å²) in [5, 5.41) is 10.9. The molecular weight excluding hydrogens is 453 g/mol. The fourth-order valence-electron chi connectivity index (χ4n) is 6.26. The van der Waals surface area contributed by atoms with Gasteiger partial charge in [0.05, 0.1) is 0 Å². The number of rotatable bonds is 2. The van der Waals surface area contributed by atoms with E-state index in [4.69, 9.17) is 0 Å². The quantitative estimate of drug-likeness (QED) is 0.193. The van der Waals surface area contributed by atoms with E-state index in [0.29, 0.717) is 0 Å². The van der Waals surface area contributed by atoms with Crippen LogP contribution in [0.25, 0.3) is 43.8 Å². The van der Waals surface area contributed by atoms with Crippen molar-refractivity contribution in [2.75, 3.05) is 11.6 Å². The molecule has 0 bridgehead atoms. The van der Waals surface area contributed by atoms with E-state index in [-0.39, 0.29) is 13.1 Å². The van der Waals surface area contributed by atoms with Crippen molar-refractivity contribution in [3.63, 3.8) is 0 Å². The van der Waals surface area contributed by atoms with Gasteiger partial charge < -0.3 is 5.32 Å². The van der Waals surface area contributed by atoms with E-state index < -0.39 is 0 Å². The maximum absolute atomic E-state index is 3.75. The van der Waals surface area contributed by atoms with Gasteiger partial charge in [0, 0.05) is 17.3 Å². The lowest BCUT2D eigenvalue weighted by Gasteiger charge is -2.29. The van der Waals surface area contributed by atoms with Gasteiger partial charge in [0.2, 0.25) is 0 Å².